The van der Waals surface area contributed by atoms with Crippen molar-refractivity contribution in [2.75, 3.05) is 31.9 Å². The van der Waals surface area contributed by atoms with Crippen molar-refractivity contribution in [1.29, 1.82) is 0 Å². The molecule has 2 saturated heterocycles. The molecule has 0 aliphatic carbocycles. The van der Waals surface area contributed by atoms with Gasteiger partial charge in [-0.3, -0.25) is 9.59 Å². The molecule has 0 bridgehead atoms. The Balaban J connectivity index is 1.55. The van der Waals surface area contributed by atoms with Crippen molar-refractivity contribution in [2.45, 2.75) is 35.6 Å². The maximum atomic E-state index is 12.5. The molecule has 1 atom stereocenters. The Labute approximate surface area is 163 Å². The van der Waals surface area contributed by atoms with Crippen LogP contribution in [0.1, 0.15) is 25.7 Å². The van der Waals surface area contributed by atoms with Gasteiger partial charge in [-0.2, -0.15) is 4.31 Å². The Kier molecular flexibility index (Phi) is 6.38. The van der Waals surface area contributed by atoms with Crippen LogP contribution in [0.4, 0.5) is 0 Å². The molecule has 3 heterocycles. The number of rotatable bonds is 6. The van der Waals surface area contributed by atoms with Crippen molar-refractivity contribution < 1.29 is 18.0 Å². The Hall–Kier alpha value is -1.65. The van der Waals surface area contributed by atoms with Gasteiger partial charge in [-0.25, -0.2) is 13.4 Å². The lowest BCUT2D eigenvalue weighted by Gasteiger charge is -2.31. The highest BCUT2D eigenvalue weighted by Crippen LogP contribution is 2.23. The van der Waals surface area contributed by atoms with Gasteiger partial charge in [-0.1, -0.05) is 11.8 Å². The molecule has 0 aromatic carbocycles. The van der Waals surface area contributed by atoms with Crippen molar-refractivity contribution in [3.63, 3.8) is 0 Å². The minimum absolute atomic E-state index is 0.0680. The van der Waals surface area contributed by atoms with E-state index in [1.807, 2.05) is 0 Å². The minimum Gasteiger partial charge on any atom is -0.369 e. The number of sulfonamides is 1. The van der Waals surface area contributed by atoms with E-state index in [4.69, 9.17) is 5.73 Å². The third-order valence-electron chi connectivity index (χ3n) is 4.93. The molecule has 0 spiro atoms. The Morgan fingerprint density at radius 2 is 1.93 bits per heavy atom. The molecule has 148 valence electrons. The summed E-state index contributed by atoms with van der Waals surface area (Å²) in [6.45, 7) is 2.10. The summed E-state index contributed by atoms with van der Waals surface area (Å²) in [6.07, 6.45) is 4.61. The number of piperidine rings is 1. The van der Waals surface area contributed by atoms with Gasteiger partial charge in [0.2, 0.25) is 21.8 Å². The van der Waals surface area contributed by atoms with Crippen LogP contribution in [-0.4, -0.2) is 66.4 Å². The standard InChI is InChI=1S/C17H24N4O4S2/c18-17(23)13-4-3-7-20(11-13)16(22)12-26-15-6-5-14(10-19-15)27(24,25)21-8-1-2-9-21/h5-6,10,13H,1-4,7-9,11-12H2,(H2,18,23). The second-order valence-electron chi connectivity index (χ2n) is 6.81. The average Bonchev–Trinajstić information content (AvgIpc) is 3.22. The number of nitrogens with two attached hydrogens (primary N) is 1. The number of pyridine rings is 1. The van der Waals surface area contributed by atoms with E-state index in [0.29, 0.717) is 31.2 Å². The van der Waals surface area contributed by atoms with Gasteiger partial charge in [0.1, 0.15) is 4.90 Å². The van der Waals surface area contributed by atoms with Gasteiger partial charge < -0.3 is 10.6 Å². The Morgan fingerprint density at radius 3 is 2.56 bits per heavy atom. The van der Waals surface area contributed by atoms with Crippen molar-refractivity contribution in [3.05, 3.63) is 18.3 Å². The number of thioether (sulfide) groups is 1. The van der Waals surface area contributed by atoms with E-state index in [9.17, 15) is 18.0 Å². The minimum atomic E-state index is -3.48. The van der Waals surface area contributed by atoms with Crippen molar-refractivity contribution in [2.24, 2.45) is 11.7 Å². The zero-order chi connectivity index (χ0) is 19.4. The first-order chi connectivity index (χ1) is 12.9. The fourth-order valence-electron chi connectivity index (χ4n) is 3.35. The number of hydrogen-bond donors (Lipinski definition) is 1. The van der Waals surface area contributed by atoms with E-state index in [-0.39, 0.29) is 28.4 Å². The average molecular weight is 413 g/mol. The van der Waals surface area contributed by atoms with Crippen LogP contribution in [0.15, 0.2) is 28.3 Å². The van der Waals surface area contributed by atoms with Gasteiger partial charge in [0.15, 0.2) is 0 Å². The summed E-state index contributed by atoms with van der Waals surface area (Å²) in [6, 6.07) is 3.17. The number of amides is 2. The van der Waals surface area contributed by atoms with Crippen molar-refractivity contribution in [1.82, 2.24) is 14.2 Å². The smallest absolute Gasteiger partial charge is 0.244 e. The van der Waals surface area contributed by atoms with Gasteiger partial charge in [0, 0.05) is 32.4 Å². The Bertz CT molecular complexity index is 792. The third kappa shape index (κ3) is 4.80. The molecule has 0 saturated carbocycles. The predicted molar refractivity (Wildman–Crippen MR) is 101 cm³/mol. The fourth-order valence-corrected chi connectivity index (χ4v) is 5.55. The largest absolute Gasteiger partial charge is 0.369 e. The van der Waals surface area contributed by atoms with Crippen LogP contribution in [-0.2, 0) is 19.6 Å². The van der Waals surface area contributed by atoms with E-state index < -0.39 is 10.0 Å². The molecule has 10 heteroatoms. The first-order valence-corrected chi connectivity index (χ1v) is 11.5. The summed E-state index contributed by atoms with van der Waals surface area (Å²) in [5, 5.41) is 0.590. The van der Waals surface area contributed by atoms with Gasteiger partial charge in [0.25, 0.3) is 0 Å². The zero-order valence-corrected chi connectivity index (χ0v) is 16.7. The maximum absolute atomic E-state index is 12.5. The fraction of sp³-hybridized carbons (Fsp3) is 0.588. The molecule has 3 rings (SSSR count). The molecule has 1 unspecified atom stereocenters. The summed E-state index contributed by atoms with van der Waals surface area (Å²) in [7, 11) is -3.48. The highest BCUT2D eigenvalue weighted by atomic mass is 32.2. The molecule has 2 N–H and O–H groups in total. The Morgan fingerprint density at radius 1 is 1.19 bits per heavy atom. The first-order valence-electron chi connectivity index (χ1n) is 9.04. The summed E-state index contributed by atoms with van der Waals surface area (Å²) >= 11 is 1.26. The maximum Gasteiger partial charge on any atom is 0.244 e. The van der Waals surface area contributed by atoms with Crippen LogP contribution in [0.3, 0.4) is 0 Å². The molecule has 0 radical (unpaired) electrons. The van der Waals surface area contributed by atoms with Gasteiger partial charge in [-0.15, -0.1) is 0 Å². The first kappa shape index (κ1) is 20.1. The number of carbonyl (C=O) groups is 2. The number of nitrogens with zero attached hydrogens (tertiary/aromatic N) is 3. The van der Waals surface area contributed by atoms with Crippen molar-refractivity contribution in [3.8, 4) is 0 Å². The molecule has 1 aromatic heterocycles. The quantitative estimate of drug-likeness (QED) is 0.688. The summed E-state index contributed by atoms with van der Waals surface area (Å²) in [5.41, 5.74) is 5.34. The van der Waals surface area contributed by atoms with Crippen LogP contribution < -0.4 is 5.73 Å². The predicted octanol–water partition coefficient (Wildman–Crippen LogP) is 0.682. The van der Waals surface area contributed by atoms with E-state index in [1.165, 1.54) is 28.3 Å². The summed E-state index contributed by atoms with van der Waals surface area (Å²) in [5.74, 6) is -0.518. The summed E-state index contributed by atoms with van der Waals surface area (Å²) in [4.78, 5) is 29.7. The van der Waals surface area contributed by atoms with E-state index in [1.54, 1.807) is 11.0 Å². The van der Waals surface area contributed by atoms with Gasteiger partial charge in [0.05, 0.1) is 16.7 Å². The van der Waals surface area contributed by atoms with E-state index in [0.717, 1.165) is 25.7 Å². The molecule has 2 fully saturated rings. The molecule has 2 amide bonds. The molecular weight excluding hydrogens is 388 g/mol. The van der Waals surface area contributed by atoms with E-state index >= 15 is 0 Å². The molecule has 1 aromatic rings. The van der Waals surface area contributed by atoms with Crippen LogP contribution in [0.25, 0.3) is 0 Å². The van der Waals surface area contributed by atoms with Gasteiger partial charge in [-0.05, 0) is 37.8 Å². The monoisotopic (exact) mass is 412 g/mol. The second-order valence-corrected chi connectivity index (χ2v) is 9.75. The normalized spacial score (nSPS) is 21.3. The lowest BCUT2D eigenvalue weighted by atomic mass is 9.97. The number of primary amides is 1. The van der Waals surface area contributed by atoms with Crippen LogP contribution in [0.2, 0.25) is 0 Å². The second kappa shape index (κ2) is 8.57. The number of carbonyl (C=O) groups excluding carboxylic acids is 2. The number of aromatic nitrogens is 1. The van der Waals surface area contributed by atoms with E-state index in [2.05, 4.69) is 4.98 Å². The molecule has 2 aliphatic heterocycles. The van der Waals surface area contributed by atoms with Crippen LogP contribution in [0.5, 0.6) is 0 Å². The number of likely N-dealkylation sites (tertiary alicyclic amines) is 1. The third-order valence-corrected chi connectivity index (χ3v) is 7.74. The van der Waals surface area contributed by atoms with Crippen molar-refractivity contribution >= 4 is 33.6 Å². The molecule has 8 nitrogen and oxygen atoms in total. The topological polar surface area (TPSA) is 114 Å². The lowest BCUT2D eigenvalue weighted by Crippen LogP contribution is -2.44. The lowest BCUT2D eigenvalue weighted by molar-refractivity contribution is -0.132. The van der Waals surface area contributed by atoms with Crippen LogP contribution >= 0.6 is 11.8 Å². The van der Waals surface area contributed by atoms with Crippen LogP contribution in [0, 0.1) is 5.92 Å². The SMILES string of the molecule is NC(=O)C1CCCN(C(=O)CSc2ccc(S(=O)(=O)N3CCCC3)cn2)C1. The summed E-state index contributed by atoms with van der Waals surface area (Å²) < 4.78 is 26.4. The molecular formula is C17H24N4O4S2. The molecule has 2 aliphatic rings. The van der Waals surface area contributed by atoms with Gasteiger partial charge >= 0.3 is 0 Å². The molecule has 27 heavy (non-hydrogen) atoms. The number of hydrogen-bond acceptors (Lipinski definition) is 6. The highest BCUT2D eigenvalue weighted by Gasteiger charge is 2.28. The highest BCUT2D eigenvalue weighted by molar-refractivity contribution is 7.99. The zero-order valence-electron chi connectivity index (χ0n) is 15.0.